The summed E-state index contributed by atoms with van der Waals surface area (Å²) in [6.07, 6.45) is 0.498. The highest BCUT2D eigenvalue weighted by atomic mass is 16.5. The molecule has 0 saturated carbocycles. The summed E-state index contributed by atoms with van der Waals surface area (Å²) in [5.41, 5.74) is 5.00. The lowest BCUT2D eigenvalue weighted by Gasteiger charge is -2.12. The predicted molar refractivity (Wildman–Crippen MR) is 99.6 cm³/mol. The summed E-state index contributed by atoms with van der Waals surface area (Å²) in [7, 11) is 0. The molecule has 1 heterocycles. The Morgan fingerprint density at radius 3 is 2.50 bits per heavy atom. The molecule has 1 aliphatic rings. The van der Waals surface area contributed by atoms with Crippen LogP contribution < -0.4 is 10.1 Å². The van der Waals surface area contributed by atoms with E-state index < -0.39 is 18.0 Å². The van der Waals surface area contributed by atoms with Crippen LogP contribution in [-0.4, -0.2) is 23.1 Å². The van der Waals surface area contributed by atoms with E-state index in [2.05, 4.69) is 18.3 Å². The fourth-order valence-corrected chi connectivity index (χ4v) is 3.05. The number of nitrogens with one attached hydrogen (secondary N) is 1. The first kappa shape index (κ1) is 18.0. The third kappa shape index (κ3) is 3.87. The van der Waals surface area contributed by atoms with Crippen molar-refractivity contribution in [1.82, 2.24) is 0 Å². The Labute approximate surface area is 153 Å². The average molecular weight is 353 g/mol. The van der Waals surface area contributed by atoms with Crippen molar-refractivity contribution in [2.24, 2.45) is 5.92 Å². The van der Waals surface area contributed by atoms with Gasteiger partial charge in [0.2, 0.25) is 0 Å². The van der Waals surface area contributed by atoms with Gasteiger partial charge in [0.05, 0.1) is 5.92 Å². The van der Waals surface area contributed by atoms with Gasteiger partial charge in [-0.3, -0.25) is 9.59 Å². The maximum atomic E-state index is 12.5. The quantitative estimate of drug-likeness (QED) is 0.862. The largest absolute Gasteiger partial charge is 0.481 e. The minimum Gasteiger partial charge on any atom is -0.481 e. The molecule has 2 unspecified atom stereocenters. The molecule has 1 amide bonds. The molecule has 0 aliphatic carbocycles. The molecule has 2 N–H and O–H groups in total. The number of benzene rings is 2. The highest BCUT2D eigenvalue weighted by Gasteiger charge is 2.29. The van der Waals surface area contributed by atoms with Crippen molar-refractivity contribution in [3.8, 4) is 5.75 Å². The minimum absolute atomic E-state index is 0.178. The van der Waals surface area contributed by atoms with Gasteiger partial charge in [0.1, 0.15) is 5.75 Å². The van der Waals surface area contributed by atoms with Crippen LogP contribution in [0.4, 0.5) is 5.69 Å². The number of carboxylic acid groups (broad SMARTS) is 1. The molecule has 0 radical (unpaired) electrons. The van der Waals surface area contributed by atoms with Crippen LogP contribution >= 0.6 is 0 Å². The molecule has 2 aromatic rings. The Morgan fingerprint density at radius 2 is 1.85 bits per heavy atom. The number of amides is 1. The van der Waals surface area contributed by atoms with Gasteiger partial charge < -0.3 is 15.2 Å². The molecule has 0 saturated heterocycles. The lowest BCUT2D eigenvalue weighted by Crippen LogP contribution is -2.31. The Balaban J connectivity index is 1.61. The van der Waals surface area contributed by atoms with Crippen molar-refractivity contribution < 1.29 is 19.4 Å². The van der Waals surface area contributed by atoms with Gasteiger partial charge in [-0.05, 0) is 60.7 Å². The number of rotatable bonds is 5. The van der Waals surface area contributed by atoms with Gasteiger partial charge in [-0.1, -0.05) is 25.1 Å². The van der Waals surface area contributed by atoms with Crippen LogP contribution in [0.5, 0.6) is 5.75 Å². The van der Waals surface area contributed by atoms with E-state index in [9.17, 15) is 9.59 Å². The molecule has 136 valence electrons. The zero-order valence-corrected chi connectivity index (χ0v) is 15.2. The fraction of sp³-hybridized carbons (Fsp3) is 0.333. The second-order valence-electron chi connectivity index (χ2n) is 6.98. The van der Waals surface area contributed by atoms with Crippen LogP contribution in [0.3, 0.4) is 0 Å². The fourth-order valence-electron chi connectivity index (χ4n) is 3.05. The number of carbonyl (C=O) groups is 2. The van der Waals surface area contributed by atoms with E-state index in [1.54, 1.807) is 19.1 Å². The SMILES string of the molecule is Cc1cc2c(cc1C)OC(C(=O)Nc1ccc(CC(C)C(=O)O)cc1)C2. The summed E-state index contributed by atoms with van der Waals surface area (Å²) in [5.74, 6) is -0.645. The number of carbonyl (C=O) groups excluding carboxylic acids is 1. The van der Waals surface area contributed by atoms with Crippen molar-refractivity contribution in [3.05, 3.63) is 58.7 Å². The molecule has 5 heteroatoms. The standard InChI is InChI=1S/C21H23NO4/c1-12-9-16-11-19(26-18(16)10-13(12)2)20(23)22-17-6-4-15(5-7-17)8-14(3)21(24)25/h4-7,9-10,14,19H,8,11H2,1-3H3,(H,22,23)(H,24,25). The average Bonchev–Trinajstić information content (AvgIpc) is 2.99. The van der Waals surface area contributed by atoms with Crippen molar-refractivity contribution in [2.75, 3.05) is 5.32 Å². The van der Waals surface area contributed by atoms with Gasteiger partial charge in [0.25, 0.3) is 5.91 Å². The summed E-state index contributed by atoms with van der Waals surface area (Å²) in [5, 5.41) is 11.8. The van der Waals surface area contributed by atoms with E-state index >= 15 is 0 Å². The monoisotopic (exact) mass is 353 g/mol. The normalized spacial score (nSPS) is 16.5. The summed E-state index contributed by atoms with van der Waals surface area (Å²) < 4.78 is 5.80. The summed E-state index contributed by atoms with van der Waals surface area (Å²) >= 11 is 0. The second-order valence-corrected chi connectivity index (χ2v) is 6.98. The zero-order valence-electron chi connectivity index (χ0n) is 15.2. The van der Waals surface area contributed by atoms with Crippen LogP contribution in [0.15, 0.2) is 36.4 Å². The maximum Gasteiger partial charge on any atom is 0.306 e. The van der Waals surface area contributed by atoms with Gasteiger partial charge >= 0.3 is 5.97 Å². The number of hydrogen-bond acceptors (Lipinski definition) is 3. The second kappa shape index (κ2) is 7.20. The molecule has 0 bridgehead atoms. The number of fused-ring (bicyclic) bond motifs is 1. The first-order valence-electron chi connectivity index (χ1n) is 8.73. The van der Waals surface area contributed by atoms with Crippen LogP contribution in [-0.2, 0) is 22.4 Å². The van der Waals surface area contributed by atoms with Gasteiger partial charge in [0.15, 0.2) is 6.10 Å². The van der Waals surface area contributed by atoms with Crippen molar-refractivity contribution in [2.45, 2.75) is 39.7 Å². The van der Waals surface area contributed by atoms with E-state index in [0.717, 1.165) is 22.4 Å². The number of ether oxygens (including phenoxy) is 1. The Kier molecular flexibility index (Phi) is 4.98. The molecule has 0 spiro atoms. The molecular weight excluding hydrogens is 330 g/mol. The maximum absolute atomic E-state index is 12.5. The molecule has 0 aromatic heterocycles. The number of aliphatic carboxylic acids is 1. The third-order valence-corrected chi connectivity index (χ3v) is 4.83. The van der Waals surface area contributed by atoms with Gasteiger partial charge in [0, 0.05) is 12.1 Å². The number of hydrogen-bond donors (Lipinski definition) is 2. The van der Waals surface area contributed by atoms with E-state index in [-0.39, 0.29) is 5.91 Å². The van der Waals surface area contributed by atoms with E-state index in [4.69, 9.17) is 9.84 Å². The molecular formula is C21H23NO4. The Bertz CT molecular complexity index is 811. The topological polar surface area (TPSA) is 75.6 Å². The lowest BCUT2D eigenvalue weighted by atomic mass is 10.0. The minimum atomic E-state index is -0.814. The van der Waals surface area contributed by atoms with E-state index in [1.165, 1.54) is 5.56 Å². The molecule has 3 rings (SSSR count). The molecule has 1 aliphatic heterocycles. The molecule has 26 heavy (non-hydrogen) atoms. The van der Waals surface area contributed by atoms with Crippen molar-refractivity contribution in [3.63, 3.8) is 0 Å². The van der Waals surface area contributed by atoms with Gasteiger partial charge in [-0.2, -0.15) is 0 Å². The molecule has 2 aromatic carbocycles. The Morgan fingerprint density at radius 1 is 1.19 bits per heavy atom. The van der Waals surface area contributed by atoms with Crippen molar-refractivity contribution in [1.29, 1.82) is 0 Å². The number of carboxylic acids is 1. The highest BCUT2D eigenvalue weighted by molar-refractivity contribution is 5.95. The molecule has 0 fully saturated rings. The van der Waals surface area contributed by atoms with Gasteiger partial charge in [-0.25, -0.2) is 0 Å². The summed E-state index contributed by atoms with van der Waals surface area (Å²) in [6, 6.07) is 11.3. The van der Waals surface area contributed by atoms with Gasteiger partial charge in [-0.15, -0.1) is 0 Å². The van der Waals surface area contributed by atoms with E-state index in [0.29, 0.717) is 18.5 Å². The zero-order chi connectivity index (χ0) is 18.8. The number of aryl methyl sites for hydroxylation is 2. The first-order chi connectivity index (χ1) is 12.3. The van der Waals surface area contributed by atoms with Crippen molar-refractivity contribution >= 4 is 17.6 Å². The third-order valence-electron chi connectivity index (χ3n) is 4.83. The summed E-state index contributed by atoms with van der Waals surface area (Å²) in [4.78, 5) is 23.4. The predicted octanol–water partition coefficient (Wildman–Crippen LogP) is 3.51. The van der Waals surface area contributed by atoms with Crippen LogP contribution in [0, 0.1) is 19.8 Å². The smallest absolute Gasteiger partial charge is 0.306 e. The van der Waals surface area contributed by atoms with E-state index in [1.807, 2.05) is 25.1 Å². The molecule has 2 atom stereocenters. The molecule has 5 nitrogen and oxygen atoms in total. The number of anilines is 1. The van der Waals surface area contributed by atoms with Crippen LogP contribution in [0.1, 0.15) is 29.2 Å². The lowest BCUT2D eigenvalue weighted by molar-refractivity contribution is -0.141. The van der Waals surface area contributed by atoms with Crippen LogP contribution in [0.2, 0.25) is 0 Å². The Hall–Kier alpha value is -2.82. The summed E-state index contributed by atoms with van der Waals surface area (Å²) in [6.45, 7) is 5.76. The highest BCUT2D eigenvalue weighted by Crippen LogP contribution is 2.31. The van der Waals surface area contributed by atoms with Crippen LogP contribution in [0.25, 0.3) is 0 Å². The first-order valence-corrected chi connectivity index (χ1v) is 8.73.